The summed E-state index contributed by atoms with van der Waals surface area (Å²) in [6.07, 6.45) is 17.2. The number of hydrogen-bond acceptors (Lipinski definition) is 7. The van der Waals surface area contributed by atoms with Crippen LogP contribution in [0.4, 0.5) is 5.69 Å². The maximum Gasteiger partial charge on any atom is 0.205 e. The minimum Gasteiger partial charge on any atom is -0.331 e. The van der Waals surface area contributed by atoms with Crippen molar-refractivity contribution in [3.05, 3.63) is 296 Å². The highest BCUT2D eigenvalue weighted by molar-refractivity contribution is 9.10. The number of terminal acetylenes is 2. The second kappa shape index (κ2) is 47.4. The van der Waals surface area contributed by atoms with Crippen molar-refractivity contribution in [2.45, 2.75) is 61.8 Å². The molecule has 0 spiro atoms. The fourth-order valence-corrected chi connectivity index (χ4v) is 8.97. The van der Waals surface area contributed by atoms with Crippen molar-refractivity contribution in [2.24, 2.45) is 5.73 Å². The molecule has 0 aliphatic rings. The van der Waals surface area contributed by atoms with Gasteiger partial charge in [-0.2, -0.15) is 26.3 Å². The first-order valence-electron chi connectivity index (χ1n) is 26.9. The largest absolute Gasteiger partial charge is 0.331 e. The van der Waals surface area contributed by atoms with E-state index in [-0.39, 0.29) is 13.2 Å². The molecule has 10 heteroatoms. The van der Waals surface area contributed by atoms with Gasteiger partial charge >= 0.3 is 0 Å². The molecule has 87 heavy (non-hydrogen) atoms. The van der Waals surface area contributed by atoms with Crippen LogP contribution in [0.3, 0.4) is 0 Å². The van der Waals surface area contributed by atoms with Crippen LogP contribution in [0.5, 0.6) is 0 Å². The van der Waals surface area contributed by atoms with Crippen LogP contribution in [0.25, 0.3) is 4.85 Å². The number of ketones is 1. The summed E-state index contributed by atoms with van der Waals surface area (Å²) in [5, 5.41) is 48.8. The first-order valence-corrected chi connectivity index (χ1v) is 29.0. The molecule has 430 valence electrons. The van der Waals surface area contributed by atoms with Crippen LogP contribution in [-0.4, -0.2) is 12.3 Å². The SMILES string of the molecule is C.C#Cc1ccc(C#C)cc1.C=CC(=O)C=CC.CCC.CCC.CCN.N#Cc1ccc(C#Cc2ccc(C#Cc3ccc(C#N)c(C#N)c3)cc2)cc1C#N.[C-]#[N+]c1cc(Br)ccc1C#N.c1ccc(P(c2ccccc2)c2ccccc2)cc1. The predicted molar refractivity (Wildman–Crippen MR) is 366 cm³/mol. The number of nitrogens with two attached hydrogens (primary N) is 1. The lowest BCUT2D eigenvalue weighted by Crippen LogP contribution is -2.20. The van der Waals surface area contributed by atoms with Crippen molar-refractivity contribution in [3.63, 3.8) is 0 Å². The molecule has 8 aromatic carbocycles. The zero-order valence-electron chi connectivity index (χ0n) is 49.2. The standard InChI is InChI=1S/C26H10N4.C18H15P.C10H6.C8H3BrN2.C6H8O.2C3H8.C2H7N.CH4/c27-15-23-11-9-21(13-25(23)17-29)7-5-19-1-2-20(4-3-19)6-8-22-10-12-24(16-28)26(14-22)18-30;1-4-10-16(11-5-1)19(17-12-6-2-7-13-17)18-14-8-3-9-15-18;1-3-9-5-7-10(4-2)8-6-9;1-11-8-4-7(9)3-2-6(8)5-10;1-3-5-6(7)4-2;2*1-3-2;1-2-3;/h1-4,9-14H;1-15H;1-2,5-8H;2-4H;3-5H,2H2,1H3;2*3H2,1-2H3;2-3H2,1H3;1H4. The van der Waals surface area contributed by atoms with Gasteiger partial charge in [-0.3, -0.25) is 4.79 Å². The van der Waals surface area contributed by atoms with Crippen LogP contribution in [0.15, 0.2) is 223 Å². The second-order valence-corrected chi connectivity index (χ2v) is 20.2. The van der Waals surface area contributed by atoms with Crippen molar-refractivity contribution < 1.29 is 4.79 Å². The number of benzene rings is 8. The van der Waals surface area contributed by atoms with Crippen molar-refractivity contribution in [3.8, 4) is 78.7 Å². The fourth-order valence-electron chi connectivity index (χ4n) is 6.31. The number of nitriles is 5. The maximum absolute atomic E-state index is 10.2. The van der Waals surface area contributed by atoms with Gasteiger partial charge in [-0.1, -0.05) is 216 Å². The molecule has 0 fully saturated rings. The van der Waals surface area contributed by atoms with Gasteiger partial charge in [-0.25, -0.2) is 4.85 Å². The van der Waals surface area contributed by atoms with Crippen LogP contribution in [0.2, 0.25) is 0 Å². The van der Waals surface area contributed by atoms with Crippen molar-refractivity contribution in [1.82, 2.24) is 0 Å². The number of rotatable bonds is 5. The summed E-state index contributed by atoms with van der Waals surface area (Å²) >= 11 is 3.21. The number of carbonyl (C=O) groups is 1. The highest BCUT2D eigenvalue weighted by Crippen LogP contribution is 2.32. The van der Waals surface area contributed by atoms with E-state index < -0.39 is 7.92 Å². The summed E-state index contributed by atoms with van der Waals surface area (Å²) < 4.78 is 0.822. The Morgan fingerprint density at radius 2 is 0.816 bits per heavy atom. The smallest absolute Gasteiger partial charge is 0.205 e. The lowest BCUT2D eigenvalue weighted by molar-refractivity contribution is -0.110. The van der Waals surface area contributed by atoms with E-state index in [0.29, 0.717) is 44.6 Å². The van der Waals surface area contributed by atoms with Gasteiger partial charge in [0.25, 0.3) is 0 Å². The van der Waals surface area contributed by atoms with Crippen LogP contribution in [-0.2, 0) is 4.79 Å². The monoisotopic (exact) mass is 1220 g/mol. The summed E-state index contributed by atoms with van der Waals surface area (Å²) in [4.78, 5) is 13.4. The maximum atomic E-state index is 10.2. The minimum atomic E-state index is -0.446. The number of nitrogens with zero attached hydrogens (tertiary/aromatic N) is 6. The van der Waals surface area contributed by atoms with Gasteiger partial charge < -0.3 is 5.73 Å². The van der Waals surface area contributed by atoms with Crippen LogP contribution >= 0.6 is 23.9 Å². The summed E-state index contributed by atoms with van der Waals surface area (Å²) in [5.74, 6) is 17.0. The number of carbonyl (C=O) groups excluding carboxylic acids is 1. The number of allylic oxidation sites excluding steroid dienone is 3. The van der Waals surface area contributed by atoms with Gasteiger partial charge in [-0.05, 0) is 147 Å². The lowest BCUT2D eigenvalue weighted by Gasteiger charge is -2.18. The van der Waals surface area contributed by atoms with E-state index in [1.807, 2.05) is 85.8 Å². The van der Waals surface area contributed by atoms with Gasteiger partial charge in [0, 0.05) is 37.9 Å². The highest BCUT2D eigenvalue weighted by atomic mass is 79.9. The Labute approximate surface area is 528 Å². The Bertz CT molecular complexity index is 3660. The van der Waals surface area contributed by atoms with E-state index in [4.69, 9.17) is 51.5 Å². The van der Waals surface area contributed by atoms with E-state index in [2.05, 4.69) is 182 Å². The molecule has 0 bridgehead atoms. The summed E-state index contributed by atoms with van der Waals surface area (Å²) in [5.41, 5.74) is 11.5. The van der Waals surface area contributed by atoms with Crippen LogP contribution in [0.1, 0.15) is 123 Å². The third kappa shape index (κ3) is 30.2. The Balaban J connectivity index is 0.00000111. The normalized spacial score (nSPS) is 8.61. The molecule has 8 rings (SSSR count). The molecule has 0 unspecified atom stereocenters. The molecule has 0 atom stereocenters. The molecular weight excluding hydrogens is 1150 g/mol. The third-order valence-corrected chi connectivity index (χ3v) is 13.0. The Kier molecular flexibility index (Phi) is 41.4. The van der Waals surface area contributed by atoms with Crippen molar-refractivity contribution in [1.29, 1.82) is 26.3 Å². The zero-order chi connectivity index (χ0) is 63.7. The molecule has 2 N–H and O–H groups in total. The molecular formula is C77H69BrN7OP. The van der Waals surface area contributed by atoms with Gasteiger partial charge in [0.1, 0.15) is 24.3 Å². The molecule has 0 amide bonds. The zero-order valence-corrected chi connectivity index (χ0v) is 51.7. The first kappa shape index (κ1) is 76.0. The van der Waals surface area contributed by atoms with Gasteiger partial charge in [0.05, 0.1) is 40.5 Å². The molecule has 0 saturated heterocycles. The third-order valence-electron chi connectivity index (χ3n) is 10.1. The first-order chi connectivity index (χ1) is 41.8. The van der Waals surface area contributed by atoms with Gasteiger partial charge in [0.15, 0.2) is 5.78 Å². The van der Waals surface area contributed by atoms with E-state index >= 15 is 0 Å². The average molecular weight is 1220 g/mol. The van der Waals surface area contributed by atoms with Gasteiger partial charge in [-0.15, -0.1) is 12.8 Å². The van der Waals surface area contributed by atoms with Crippen molar-refractivity contribution in [2.75, 3.05) is 6.54 Å². The second-order valence-electron chi connectivity index (χ2n) is 17.1. The van der Waals surface area contributed by atoms with Crippen LogP contribution in [0, 0.1) is 112 Å². The average Bonchev–Trinajstić information content (AvgIpc) is 3.20. The van der Waals surface area contributed by atoms with Gasteiger partial charge in [0.2, 0.25) is 5.69 Å². The summed E-state index contributed by atoms with van der Waals surface area (Å²) in [7, 11) is -0.446. The molecule has 0 radical (unpaired) electrons. The lowest BCUT2D eigenvalue weighted by atomic mass is 10.0. The molecule has 0 saturated carbocycles. The molecule has 0 heterocycles. The Hall–Kier alpha value is -11.0. The number of hydrogen-bond donors (Lipinski definition) is 1. The topological polar surface area (TPSA) is 166 Å². The minimum absolute atomic E-state index is 0. The molecule has 8 aromatic rings. The molecule has 0 aliphatic heterocycles. The molecule has 0 aliphatic carbocycles. The predicted octanol–water partition coefficient (Wildman–Crippen LogP) is 16.7. The van der Waals surface area contributed by atoms with Crippen molar-refractivity contribution >= 4 is 51.2 Å². The van der Waals surface area contributed by atoms with E-state index in [1.165, 1.54) is 40.9 Å². The summed E-state index contributed by atoms with van der Waals surface area (Å²) in [6.45, 7) is 23.0. The van der Waals surface area contributed by atoms with E-state index in [9.17, 15) is 4.79 Å². The Morgan fingerprint density at radius 3 is 1.09 bits per heavy atom. The van der Waals surface area contributed by atoms with E-state index in [1.54, 1.807) is 67.6 Å². The number of halogens is 1. The molecule has 0 aromatic heterocycles. The van der Waals surface area contributed by atoms with Crippen LogP contribution < -0.4 is 21.6 Å². The Morgan fingerprint density at radius 1 is 0.517 bits per heavy atom. The van der Waals surface area contributed by atoms with E-state index in [0.717, 1.165) is 33.3 Å². The fraction of sp³-hybridized carbons (Fsp3) is 0.130. The molecule has 8 nitrogen and oxygen atoms in total. The summed E-state index contributed by atoms with van der Waals surface area (Å²) in [6, 6.07) is 71.6. The highest BCUT2D eigenvalue weighted by Gasteiger charge is 2.15. The quantitative estimate of drug-likeness (QED) is 0.0775.